The van der Waals surface area contributed by atoms with Crippen molar-refractivity contribution in [2.24, 2.45) is 11.7 Å². The van der Waals surface area contributed by atoms with Crippen LogP contribution in [0.4, 0.5) is 5.69 Å². The second-order valence-corrected chi connectivity index (χ2v) is 5.22. The number of halogens is 2. The first kappa shape index (κ1) is 18.9. The molecule has 0 bridgehead atoms. The van der Waals surface area contributed by atoms with Crippen LogP contribution in [0.1, 0.15) is 12.5 Å². The summed E-state index contributed by atoms with van der Waals surface area (Å²) in [6, 6.07) is 5.51. The van der Waals surface area contributed by atoms with Crippen molar-refractivity contribution in [3.63, 3.8) is 0 Å². The van der Waals surface area contributed by atoms with Gasteiger partial charge in [-0.2, -0.15) is 0 Å². The monoisotopic (exact) mass is 363 g/mol. The summed E-state index contributed by atoms with van der Waals surface area (Å²) in [6.07, 6.45) is 0. The average Bonchev–Trinajstić information content (AvgIpc) is 2.39. The van der Waals surface area contributed by atoms with Crippen LogP contribution in [-0.4, -0.2) is 24.9 Å². The van der Waals surface area contributed by atoms with E-state index < -0.39 is 0 Å². The summed E-state index contributed by atoms with van der Waals surface area (Å²) in [7, 11) is 0. The van der Waals surface area contributed by atoms with E-state index in [0.29, 0.717) is 5.69 Å². The van der Waals surface area contributed by atoms with Crippen molar-refractivity contribution in [3.05, 3.63) is 28.2 Å². The fourth-order valence-electron chi connectivity index (χ4n) is 1.38. The minimum absolute atomic E-state index is 0. The molecular formula is C13H19BrClN3O2. The van der Waals surface area contributed by atoms with Gasteiger partial charge in [-0.15, -0.1) is 12.4 Å². The lowest BCUT2D eigenvalue weighted by atomic mass is 10.2. The quantitative estimate of drug-likeness (QED) is 0.745. The molecule has 1 rings (SSSR count). The van der Waals surface area contributed by atoms with Gasteiger partial charge in [0.25, 0.3) is 0 Å². The van der Waals surface area contributed by atoms with E-state index in [1.165, 1.54) is 0 Å². The number of hydrogen-bond acceptors (Lipinski definition) is 3. The first-order valence-corrected chi connectivity index (χ1v) is 6.77. The van der Waals surface area contributed by atoms with Crippen LogP contribution in [0.5, 0.6) is 0 Å². The Labute approximate surface area is 133 Å². The maximum atomic E-state index is 11.7. The summed E-state index contributed by atoms with van der Waals surface area (Å²) in [5.74, 6) is -0.772. The lowest BCUT2D eigenvalue weighted by Gasteiger charge is -2.10. The molecule has 1 unspecified atom stereocenters. The van der Waals surface area contributed by atoms with Crippen molar-refractivity contribution in [1.29, 1.82) is 0 Å². The molecule has 0 radical (unpaired) electrons. The van der Waals surface area contributed by atoms with Crippen molar-refractivity contribution in [3.8, 4) is 0 Å². The van der Waals surface area contributed by atoms with Gasteiger partial charge >= 0.3 is 0 Å². The Bertz CT molecular complexity index is 483. The molecule has 0 spiro atoms. The molecule has 0 aromatic heterocycles. The van der Waals surface area contributed by atoms with E-state index >= 15 is 0 Å². The zero-order valence-corrected chi connectivity index (χ0v) is 13.8. The molecule has 0 heterocycles. The molecule has 0 saturated heterocycles. The van der Waals surface area contributed by atoms with Crippen LogP contribution in [-0.2, 0) is 9.59 Å². The number of nitrogens with one attached hydrogen (secondary N) is 2. The molecule has 1 aromatic rings. The third kappa shape index (κ3) is 5.90. The highest BCUT2D eigenvalue weighted by molar-refractivity contribution is 9.10. The van der Waals surface area contributed by atoms with Crippen LogP contribution >= 0.6 is 28.3 Å². The first-order chi connectivity index (χ1) is 8.93. The van der Waals surface area contributed by atoms with Gasteiger partial charge in [-0.1, -0.05) is 22.9 Å². The maximum Gasteiger partial charge on any atom is 0.243 e. The number of aryl methyl sites for hydroxylation is 1. The molecule has 4 N–H and O–H groups in total. The van der Waals surface area contributed by atoms with Crippen molar-refractivity contribution >= 4 is 45.8 Å². The Balaban J connectivity index is 0.00000361. The predicted molar refractivity (Wildman–Crippen MR) is 86.0 cm³/mol. The summed E-state index contributed by atoms with van der Waals surface area (Å²) in [4.78, 5) is 23.1. The Kier molecular flexibility index (Phi) is 8.45. The smallest absolute Gasteiger partial charge is 0.243 e. The number of nitrogens with two attached hydrogens (primary N) is 1. The van der Waals surface area contributed by atoms with Gasteiger partial charge in [0.2, 0.25) is 11.8 Å². The Morgan fingerprint density at radius 3 is 2.60 bits per heavy atom. The number of carbonyl (C=O) groups excluding carboxylic acids is 2. The highest BCUT2D eigenvalue weighted by Gasteiger charge is 2.12. The van der Waals surface area contributed by atoms with E-state index in [2.05, 4.69) is 26.6 Å². The first-order valence-electron chi connectivity index (χ1n) is 5.97. The maximum absolute atomic E-state index is 11.7. The van der Waals surface area contributed by atoms with E-state index in [4.69, 9.17) is 5.73 Å². The van der Waals surface area contributed by atoms with Gasteiger partial charge in [0.05, 0.1) is 6.54 Å². The number of anilines is 1. The molecule has 5 nitrogen and oxygen atoms in total. The van der Waals surface area contributed by atoms with E-state index in [-0.39, 0.29) is 43.2 Å². The minimum Gasteiger partial charge on any atom is -0.347 e. The normalized spacial score (nSPS) is 11.2. The average molecular weight is 365 g/mol. The van der Waals surface area contributed by atoms with Gasteiger partial charge in [0.1, 0.15) is 0 Å². The van der Waals surface area contributed by atoms with Gasteiger partial charge < -0.3 is 16.4 Å². The number of rotatable bonds is 5. The van der Waals surface area contributed by atoms with Crippen molar-refractivity contribution < 1.29 is 9.59 Å². The second kappa shape index (κ2) is 8.94. The third-order valence-electron chi connectivity index (χ3n) is 2.67. The molecule has 0 aliphatic heterocycles. The van der Waals surface area contributed by atoms with Crippen LogP contribution < -0.4 is 16.4 Å². The number of hydrogen-bond donors (Lipinski definition) is 3. The molecule has 0 aliphatic rings. The summed E-state index contributed by atoms with van der Waals surface area (Å²) in [5, 5.41) is 5.26. The van der Waals surface area contributed by atoms with Gasteiger partial charge in [-0.25, -0.2) is 0 Å². The van der Waals surface area contributed by atoms with Gasteiger partial charge in [0, 0.05) is 22.6 Å². The van der Waals surface area contributed by atoms with Gasteiger partial charge in [-0.05, 0) is 30.7 Å². The summed E-state index contributed by atoms with van der Waals surface area (Å²) in [6.45, 7) is 3.85. The summed E-state index contributed by atoms with van der Waals surface area (Å²) < 4.78 is 0.982. The molecule has 2 amide bonds. The Hall–Kier alpha value is -1.11. The summed E-state index contributed by atoms with van der Waals surface area (Å²) in [5.41, 5.74) is 7.10. The van der Waals surface area contributed by atoms with Gasteiger partial charge in [0.15, 0.2) is 0 Å². The molecule has 20 heavy (non-hydrogen) atoms. The fourth-order valence-corrected chi connectivity index (χ4v) is 1.62. The molecule has 1 atom stereocenters. The standard InChI is InChI=1S/C13H18BrN3O2.ClH/c1-8-5-10(3-4-11(8)14)17-12(18)7-16-13(19)9(2)6-15;/h3-5,9H,6-7,15H2,1-2H3,(H,16,19)(H,17,18);1H. The molecular weight excluding hydrogens is 346 g/mol. The zero-order valence-electron chi connectivity index (χ0n) is 11.4. The largest absolute Gasteiger partial charge is 0.347 e. The highest BCUT2D eigenvalue weighted by Crippen LogP contribution is 2.19. The van der Waals surface area contributed by atoms with E-state index in [0.717, 1.165) is 10.0 Å². The lowest BCUT2D eigenvalue weighted by molar-refractivity contribution is -0.126. The number of benzene rings is 1. The molecule has 112 valence electrons. The number of carbonyl (C=O) groups is 2. The topological polar surface area (TPSA) is 84.2 Å². The molecule has 1 aromatic carbocycles. The van der Waals surface area contributed by atoms with Crippen LogP contribution in [0.25, 0.3) is 0 Å². The van der Waals surface area contributed by atoms with Crippen LogP contribution in [0.2, 0.25) is 0 Å². The zero-order chi connectivity index (χ0) is 14.4. The van der Waals surface area contributed by atoms with E-state index in [9.17, 15) is 9.59 Å². The van der Waals surface area contributed by atoms with Crippen molar-refractivity contribution in [2.75, 3.05) is 18.4 Å². The Morgan fingerprint density at radius 2 is 2.05 bits per heavy atom. The van der Waals surface area contributed by atoms with E-state index in [1.807, 2.05) is 19.1 Å². The molecule has 0 fully saturated rings. The third-order valence-corrected chi connectivity index (χ3v) is 3.56. The molecule has 7 heteroatoms. The van der Waals surface area contributed by atoms with Crippen molar-refractivity contribution in [1.82, 2.24) is 5.32 Å². The van der Waals surface area contributed by atoms with Crippen LogP contribution in [0.3, 0.4) is 0 Å². The summed E-state index contributed by atoms with van der Waals surface area (Å²) >= 11 is 3.39. The second-order valence-electron chi connectivity index (χ2n) is 4.37. The Morgan fingerprint density at radius 1 is 1.40 bits per heavy atom. The molecule has 0 saturated carbocycles. The van der Waals surface area contributed by atoms with Gasteiger partial charge in [-0.3, -0.25) is 9.59 Å². The highest BCUT2D eigenvalue weighted by atomic mass is 79.9. The SMILES string of the molecule is Cc1cc(NC(=O)CNC(=O)C(C)CN)ccc1Br.Cl. The molecule has 0 aliphatic carbocycles. The van der Waals surface area contributed by atoms with Crippen LogP contribution in [0, 0.1) is 12.8 Å². The van der Waals surface area contributed by atoms with Crippen LogP contribution in [0.15, 0.2) is 22.7 Å². The predicted octanol–water partition coefficient (Wildman–Crippen LogP) is 1.83. The van der Waals surface area contributed by atoms with E-state index in [1.54, 1.807) is 13.0 Å². The van der Waals surface area contributed by atoms with Crippen molar-refractivity contribution in [2.45, 2.75) is 13.8 Å². The fraction of sp³-hybridized carbons (Fsp3) is 0.385. The lowest BCUT2D eigenvalue weighted by Crippen LogP contribution is -2.38. The number of amides is 2. The minimum atomic E-state index is -0.289.